The van der Waals surface area contributed by atoms with Gasteiger partial charge in [0.05, 0.1) is 11.8 Å². The van der Waals surface area contributed by atoms with E-state index in [1.54, 1.807) is 12.1 Å². The molecule has 0 radical (unpaired) electrons. The monoisotopic (exact) mass is 463 g/mol. The number of hydrogen-bond acceptors (Lipinski definition) is 5. The first-order chi connectivity index (χ1) is 15.8. The van der Waals surface area contributed by atoms with Crippen molar-refractivity contribution in [1.82, 2.24) is 20.1 Å². The Hall–Kier alpha value is -3.39. The molecule has 0 aliphatic rings. The molecule has 0 fully saturated rings. The minimum absolute atomic E-state index is 0.121. The standard InChI is InChI=1S/C25H29N5O2S/c1-6-14-30-23(19(5)26-24(32)20-12-8-7-10-17(20)3)28-29-25(30)33-15-22(31)27-21-13-9-11-16(2)18(21)4/h6-13,19H,1,14-15H2,2-5H3,(H,26,32)(H,27,31). The van der Waals surface area contributed by atoms with Crippen molar-refractivity contribution in [2.45, 2.75) is 45.4 Å². The van der Waals surface area contributed by atoms with Crippen LogP contribution in [0.15, 0.2) is 60.3 Å². The lowest BCUT2D eigenvalue weighted by Crippen LogP contribution is -2.29. The fourth-order valence-corrected chi connectivity index (χ4v) is 4.15. The molecule has 1 heterocycles. The Morgan fingerprint density at radius 1 is 1.09 bits per heavy atom. The molecule has 0 aliphatic heterocycles. The maximum absolute atomic E-state index is 12.7. The summed E-state index contributed by atoms with van der Waals surface area (Å²) < 4.78 is 1.87. The summed E-state index contributed by atoms with van der Waals surface area (Å²) in [5.74, 6) is 0.501. The van der Waals surface area contributed by atoms with Crippen molar-refractivity contribution < 1.29 is 9.59 Å². The van der Waals surface area contributed by atoms with Gasteiger partial charge in [-0.2, -0.15) is 0 Å². The van der Waals surface area contributed by atoms with Crippen LogP contribution >= 0.6 is 11.8 Å². The molecule has 0 aliphatic carbocycles. The molecule has 33 heavy (non-hydrogen) atoms. The van der Waals surface area contributed by atoms with E-state index in [2.05, 4.69) is 27.4 Å². The average Bonchev–Trinajstić information content (AvgIpc) is 3.18. The molecule has 0 bridgehead atoms. The van der Waals surface area contributed by atoms with E-state index in [0.29, 0.717) is 23.1 Å². The van der Waals surface area contributed by atoms with Gasteiger partial charge in [-0.3, -0.25) is 9.59 Å². The van der Waals surface area contributed by atoms with E-state index >= 15 is 0 Å². The second-order valence-corrected chi connectivity index (χ2v) is 8.78. The van der Waals surface area contributed by atoms with Gasteiger partial charge in [-0.05, 0) is 56.5 Å². The van der Waals surface area contributed by atoms with Crippen LogP contribution in [0.5, 0.6) is 0 Å². The molecule has 2 aromatic carbocycles. The van der Waals surface area contributed by atoms with Crippen molar-refractivity contribution in [2.24, 2.45) is 0 Å². The Morgan fingerprint density at radius 2 is 1.82 bits per heavy atom. The third-order valence-corrected chi connectivity index (χ3v) is 6.36. The van der Waals surface area contributed by atoms with Crippen LogP contribution in [0.2, 0.25) is 0 Å². The van der Waals surface area contributed by atoms with Gasteiger partial charge in [0, 0.05) is 17.8 Å². The maximum atomic E-state index is 12.7. The lowest BCUT2D eigenvalue weighted by Gasteiger charge is -2.16. The van der Waals surface area contributed by atoms with E-state index in [0.717, 1.165) is 22.4 Å². The fraction of sp³-hybridized carbons (Fsp3) is 0.280. The lowest BCUT2D eigenvalue weighted by molar-refractivity contribution is -0.113. The van der Waals surface area contributed by atoms with Gasteiger partial charge in [-0.25, -0.2) is 0 Å². The van der Waals surface area contributed by atoms with Gasteiger partial charge >= 0.3 is 0 Å². The zero-order valence-electron chi connectivity index (χ0n) is 19.4. The van der Waals surface area contributed by atoms with Gasteiger partial charge in [0.15, 0.2) is 11.0 Å². The number of allylic oxidation sites excluding steroid dienone is 1. The number of nitrogens with one attached hydrogen (secondary N) is 2. The smallest absolute Gasteiger partial charge is 0.252 e. The van der Waals surface area contributed by atoms with Crippen molar-refractivity contribution in [2.75, 3.05) is 11.1 Å². The van der Waals surface area contributed by atoms with Gasteiger partial charge in [-0.15, -0.1) is 16.8 Å². The highest BCUT2D eigenvalue weighted by Crippen LogP contribution is 2.23. The second-order valence-electron chi connectivity index (χ2n) is 7.83. The Balaban J connectivity index is 1.69. The number of anilines is 1. The summed E-state index contributed by atoms with van der Waals surface area (Å²) in [7, 11) is 0. The van der Waals surface area contributed by atoms with Crippen molar-refractivity contribution in [3.05, 3.63) is 83.2 Å². The van der Waals surface area contributed by atoms with Crippen LogP contribution in [-0.4, -0.2) is 32.3 Å². The third kappa shape index (κ3) is 5.90. The third-order valence-electron chi connectivity index (χ3n) is 5.39. The van der Waals surface area contributed by atoms with Crippen molar-refractivity contribution >= 4 is 29.3 Å². The molecule has 0 saturated heterocycles. The van der Waals surface area contributed by atoms with E-state index in [1.807, 2.05) is 68.7 Å². The van der Waals surface area contributed by atoms with Crippen LogP contribution in [0.3, 0.4) is 0 Å². The Bertz CT molecular complexity index is 1170. The van der Waals surface area contributed by atoms with Gasteiger partial charge in [0.25, 0.3) is 5.91 Å². The topological polar surface area (TPSA) is 88.9 Å². The number of carbonyl (C=O) groups excluding carboxylic acids is 2. The number of thioether (sulfide) groups is 1. The summed E-state index contributed by atoms with van der Waals surface area (Å²) in [5.41, 5.74) is 4.50. The van der Waals surface area contributed by atoms with Gasteiger partial charge in [0.2, 0.25) is 5.91 Å². The molecular weight excluding hydrogens is 434 g/mol. The SMILES string of the molecule is C=CCn1c(SCC(=O)Nc2cccc(C)c2C)nnc1C(C)NC(=O)c1ccccc1C. The predicted octanol–water partition coefficient (Wildman–Crippen LogP) is 4.61. The molecule has 7 nitrogen and oxygen atoms in total. The van der Waals surface area contributed by atoms with Crippen LogP contribution in [0.4, 0.5) is 5.69 Å². The zero-order chi connectivity index (χ0) is 24.0. The molecule has 0 saturated carbocycles. The summed E-state index contributed by atoms with van der Waals surface area (Å²) in [4.78, 5) is 25.2. The average molecular weight is 464 g/mol. The molecule has 3 rings (SSSR count). The van der Waals surface area contributed by atoms with Crippen LogP contribution < -0.4 is 10.6 Å². The minimum Gasteiger partial charge on any atom is -0.342 e. The highest BCUT2D eigenvalue weighted by atomic mass is 32.2. The Labute approximate surface area is 198 Å². The van der Waals surface area contributed by atoms with E-state index in [9.17, 15) is 9.59 Å². The fourth-order valence-electron chi connectivity index (χ4n) is 3.40. The first-order valence-corrected chi connectivity index (χ1v) is 11.7. The largest absolute Gasteiger partial charge is 0.342 e. The molecule has 1 aromatic heterocycles. The summed E-state index contributed by atoms with van der Waals surface area (Å²) >= 11 is 1.30. The minimum atomic E-state index is -0.373. The first kappa shape index (κ1) is 24.3. The van der Waals surface area contributed by atoms with Crippen molar-refractivity contribution in [3.63, 3.8) is 0 Å². The molecule has 1 atom stereocenters. The molecule has 172 valence electrons. The van der Waals surface area contributed by atoms with Crippen LogP contribution in [0, 0.1) is 20.8 Å². The first-order valence-electron chi connectivity index (χ1n) is 10.7. The number of aryl methyl sites for hydroxylation is 2. The summed E-state index contributed by atoms with van der Waals surface area (Å²) in [6, 6.07) is 12.9. The van der Waals surface area contributed by atoms with E-state index in [1.165, 1.54) is 11.8 Å². The van der Waals surface area contributed by atoms with E-state index in [-0.39, 0.29) is 23.6 Å². The number of nitrogens with zero attached hydrogens (tertiary/aromatic N) is 3. The molecule has 2 N–H and O–H groups in total. The van der Waals surface area contributed by atoms with Crippen LogP contribution in [0.1, 0.15) is 45.8 Å². The summed E-state index contributed by atoms with van der Waals surface area (Å²) in [6.45, 7) is 12.0. The molecule has 3 aromatic rings. The van der Waals surface area contributed by atoms with Crippen LogP contribution in [0.25, 0.3) is 0 Å². The normalized spacial score (nSPS) is 11.6. The number of rotatable bonds is 9. The summed E-state index contributed by atoms with van der Waals surface area (Å²) in [6.07, 6.45) is 1.74. The number of aromatic nitrogens is 3. The molecule has 2 amide bonds. The van der Waals surface area contributed by atoms with Gasteiger partial charge in [-0.1, -0.05) is 48.2 Å². The number of carbonyl (C=O) groups is 2. The second kappa shape index (κ2) is 11.0. The maximum Gasteiger partial charge on any atom is 0.252 e. The van der Waals surface area contributed by atoms with E-state index < -0.39 is 0 Å². The predicted molar refractivity (Wildman–Crippen MR) is 133 cm³/mol. The van der Waals surface area contributed by atoms with Crippen molar-refractivity contribution in [3.8, 4) is 0 Å². The molecular formula is C25H29N5O2S. The zero-order valence-corrected chi connectivity index (χ0v) is 20.2. The number of benzene rings is 2. The van der Waals surface area contributed by atoms with Gasteiger partial charge < -0.3 is 15.2 Å². The highest BCUT2D eigenvalue weighted by molar-refractivity contribution is 7.99. The molecule has 8 heteroatoms. The quantitative estimate of drug-likeness (QED) is 0.357. The van der Waals surface area contributed by atoms with Crippen molar-refractivity contribution in [1.29, 1.82) is 0 Å². The van der Waals surface area contributed by atoms with Crippen LogP contribution in [-0.2, 0) is 11.3 Å². The lowest BCUT2D eigenvalue weighted by atomic mass is 10.1. The van der Waals surface area contributed by atoms with E-state index in [4.69, 9.17) is 0 Å². The number of hydrogen-bond donors (Lipinski definition) is 2. The Morgan fingerprint density at radius 3 is 2.55 bits per heavy atom. The highest BCUT2D eigenvalue weighted by Gasteiger charge is 2.21. The Kier molecular flexibility index (Phi) is 8.06. The molecule has 1 unspecified atom stereocenters. The number of amides is 2. The molecule has 0 spiro atoms. The van der Waals surface area contributed by atoms with Gasteiger partial charge in [0.1, 0.15) is 0 Å². The summed E-state index contributed by atoms with van der Waals surface area (Å²) in [5, 5.41) is 15.1.